The lowest BCUT2D eigenvalue weighted by molar-refractivity contribution is -0.116. The Morgan fingerprint density at radius 3 is 2.60 bits per heavy atom. The molecule has 0 fully saturated rings. The standard InChI is InChI=1S/C16H21N3O5S/c1-11-5-6-14(23-3)13(9-11)19(25(4,21)22)8-7-16(20)17-15-10-12(2)24-18-15/h5-6,9-10H,7-8H2,1-4H3,(H,17,18,20). The summed E-state index contributed by atoms with van der Waals surface area (Å²) in [5.41, 5.74) is 1.28. The van der Waals surface area contributed by atoms with Gasteiger partial charge in [-0.1, -0.05) is 11.2 Å². The number of sulfonamides is 1. The number of methoxy groups -OCH3 is 1. The van der Waals surface area contributed by atoms with E-state index in [2.05, 4.69) is 10.5 Å². The first-order valence-electron chi connectivity index (χ1n) is 7.56. The lowest BCUT2D eigenvalue weighted by Gasteiger charge is -2.24. The molecule has 0 aliphatic rings. The summed E-state index contributed by atoms with van der Waals surface area (Å²) in [7, 11) is -2.13. The molecule has 0 saturated heterocycles. The first-order valence-corrected chi connectivity index (χ1v) is 9.41. The van der Waals surface area contributed by atoms with Crippen LogP contribution in [-0.4, -0.2) is 39.4 Å². The van der Waals surface area contributed by atoms with Crippen molar-refractivity contribution in [2.24, 2.45) is 0 Å². The molecular formula is C16H21N3O5S. The summed E-state index contributed by atoms with van der Waals surface area (Å²) in [6, 6.07) is 6.80. The minimum atomic E-state index is -3.59. The van der Waals surface area contributed by atoms with Crippen molar-refractivity contribution in [2.45, 2.75) is 20.3 Å². The average molecular weight is 367 g/mol. The highest BCUT2D eigenvalue weighted by atomic mass is 32.2. The van der Waals surface area contributed by atoms with E-state index in [0.29, 0.717) is 23.0 Å². The molecule has 1 amide bonds. The zero-order valence-electron chi connectivity index (χ0n) is 14.6. The van der Waals surface area contributed by atoms with E-state index < -0.39 is 10.0 Å². The van der Waals surface area contributed by atoms with Crippen molar-refractivity contribution in [3.63, 3.8) is 0 Å². The van der Waals surface area contributed by atoms with Gasteiger partial charge in [0.15, 0.2) is 5.82 Å². The SMILES string of the molecule is COc1ccc(C)cc1N(CCC(=O)Nc1cc(C)on1)S(C)(=O)=O. The van der Waals surface area contributed by atoms with Crippen molar-refractivity contribution in [1.29, 1.82) is 0 Å². The summed E-state index contributed by atoms with van der Waals surface area (Å²) in [5, 5.41) is 6.23. The fraction of sp³-hybridized carbons (Fsp3) is 0.375. The smallest absolute Gasteiger partial charge is 0.232 e. The summed E-state index contributed by atoms with van der Waals surface area (Å²) >= 11 is 0. The van der Waals surface area contributed by atoms with Crippen LogP contribution in [0.2, 0.25) is 0 Å². The summed E-state index contributed by atoms with van der Waals surface area (Å²) in [6.45, 7) is 3.53. The first kappa shape index (κ1) is 18.8. The van der Waals surface area contributed by atoms with Crippen LogP contribution in [0, 0.1) is 13.8 Å². The number of anilines is 2. The third kappa shape index (κ3) is 4.96. The van der Waals surface area contributed by atoms with E-state index >= 15 is 0 Å². The molecule has 1 aromatic heterocycles. The number of ether oxygens (including phenoxy) is 1. The molecule has 0 spiro atoms. The minimum absolute atomic E-state index is 0.0265. The number of carbonyl (C=O) groups excluding carboxylic acids is 1. The summed E-state index contributed by atoms with van der Waals surface area (Å²) in [5.74, 6) is 0.913. The van der Waals surface area contributed by atoms with Gasteiger partial charge in [-0.05, 0) is 31.5 Å². The molecular weight excluding hydrogens is 346 g/mol. The Balaban J connectivity index is 2.17. The van der Waals surface area contributed by atoms with E-state index in [9.17, 15) is 13.2 Å². The zero-order valence-corrected chi connectivity index (χ0v) is 15.4. The Bertz CT molecular complexity index is 860. The number of aromatic nitrogens is 1. The Labute approximate surface area is 146 Å². The Morgan fingerprint density at radius 2 is 2.04 bits per heavy atom. The van der Waals surface area contributed by atoms with E-state index in [1.54, 1.807) is 25.1 Å². The van der Waals surface area contributed by atoms with Crippen LogP contribution in [0.25, 0.3) is 0 Å². The molecule has 1 heterocycles. The van der Waals surface area contributed by atoms with Gasteiger partial charge in [0.25, 0.3) is 0 Å². The predicted octanol–water partition coefficient (Wildman–Crippen LogP) is 2.09. The molecule has 0 aliphatic heterocycles. The van der Waals surface area contributed by atoms with Crippen LogP contribution in [-0.2, 0) is 14.8 Å². The third-order valence-electron chi connectivity index (χ3n) is 3.44. The molecule has 136 valence electrons. The molecule has 0 bridgehead atoms. The highest BCUT2D eigenvalue weighted by molar-refractivity contribution is 7.92. The average Bonchev–Trinajstić information content (AvgIpc) is 2.91. The van der Waals surface area contributed by atoms with Gasteiger partial charge >= 0.3 is 0 Å². The molecule has 2 aromatic rings. The second kappa shape index (κ2) is 7.56. The van der Waals surface area contributed by atoms with E-state index in [4.69, 9.17) is 9.26 Å². The summed E-state index contributed by atoms with van der Waals surface area (Å²) in [4.78, 5) is 12.1. The van der Waals surface area contributed by atoms with Crippen molar-refractivity contribution in [3.05, 3.63) is 35.6 Å². The van der Waals surface area contributed by atoms with Crippen LogP contribution < -0.4 is 14.4 Å². The molecule has 0 saturated carbocycles. The minimum Gasteiger partial charge on any atom is -0.495 e. The van der Waals surface area contributed by atoms with Crippen LogP contribution >= 0.6 is 0 Å². The maximum absolute atomic E-state index is 12.2. The second-order valence-electron chi connectivity index (χ2n) is 5.63. The van der Waals surface area contributed by atoms with Gasteiger partial charge in [-0.15, -0.1) is 0 Å². The normalized spacial score (nSPS) is 11.2. The van der Waals surface area contributed by atoms with Crippen LogP contribution in [0.4, 0.5) is 11.5 Å². The van der Waals surface area contributed by atoms with Crippen molar-refractivity contribution in [2.75, 3.05) is 29.5 Å². The topological polar surface area (TPSA) is 102 Å². The molecule has 8 nitrogen and oxygen atoms in total. The van der Waals surface area contributed by atoms with Crippen molar-refractivity contribution >= 4 is 27.4 Å². The number of rotatable bonds is 7. The van der Waals surface area contributed by atoms with Crippen LogP contribution in [0.3, 0.4) is 0 Å². The fourth-order valence-electron chi connectivity index (χ4n) is 2.29. The van der Waals surface area contributed by atoms with Gasteiger partial charge in [-0.3, -0.25) is 9.10 Å². The van der Waals surface area contributed by atoms with Crippen LogP contribution in [0.15, 0.2) is 28.8 Å². The Kier molecular flexibility index (Phi) is 5.68. The highest BCUT2D eigenvalue weighted by Gasteiger charge is 2.22. The number of nitrogens with one attached hydrogen (secondary N) is 1. The maximum Gasteiger partial charge on any atom is 0.232 e. The maximum atomic E-state index is 12.2. The molecule has 9 heteroatoms. The summed E-state index contributed by atoms with van der Waals surface area (Å²) < 4.78 is 35.7. The van der Waals surface area contributed by atoms with E-state index in [0.717, 1.165) is 16.1 Å². The number of hydrogen-bond donors (Lipinski definition) is 1. The lowest BCUT2D eigenvalue weighted by atomic mass is 10.2. The quantitative estimate of drug-likeness (QED) is 0.804. The Hall–Kier alpha value is -2.55. The molecule has 1 N–H and O–H groups in total. The van der Waals surface area contributed by atoms with Gasteiger partial charge in [0.2, 0.25) is 15.9 Å². The van der Waals surface area contributed by atoms with Crippen molar-refractivity contribution in [1.82, 2.24) is 5.16 Å². The largest absolute Gasteiger partial charge is 0.495 e. The first-order chi connectivity index (χ1) is 11.7. The number of carbonyl (C=O) groups is 1. The summed E-state index contributed by atoms with van der Waals surface area (Å²) in [6.07, 6.45) is 1.05. The fourth-order valence-corrected chi connectivity index (χ4v) is 3.22. The molecule has 0 atom stereocenters. The van der Waals surface area contributed by atoms with Gasteiger partial charge < -0.3 is 14.6 Å². The van der Waals surface area contributed by atoms with E-state index in [1.807, 2.05) is 13.0 Å². The van der Waals surface area contributed by atoms with Gasteiger partial charge in [0, 0.05) is 19.0 Å². The van der Waals surface area contributed by atoms with Crippen molar-refractivity contribution < 1.29 is 22.5 Å². The Morgan fingerprint density at radius 1 is 1.32 bits per heavy atom. The van der Waals surface area contributed by atoms with Gasteiger partial charge in [0.05, 0.1) is 19.1 Å². The number of benzene rings is 1. The molecule has 0 radical (unpaired) electrons. The third-order valence-corrected chi connectivity index (χ3v) is 4.62. The van der Waals surface area contributed by atoms with Crippen LogP contribution in [0.1, 0.15) is 17.7 Å². The number of amides is 1. The van der Waals surface area contributed by atoms with E-state index in [-0.39, 0.29) is 18.9 Å². The van der Waals surface area contributed by atoms with Gasteiger partial charge in [-0.25, -0.2) is 8.42 Å². The second-order valence-corrected chi connectivity index (χ2v) is 7.54. The predicted molar refractivity (Wildman–Crippen MR) is 94.4 cm³/mol. The van der Waals surface area contributed by atoms with Crippen LogP contribution in [0.5, 0.6) is 5.75 Å². The number of hydrogen-bond acceptors (Lipinski definition) is 6. The highest BCUT2D eigenvalue weighted by Crippen LogP contribution is 2.31. The lowest BCUT2D eigenvalue weighted by Crippen LogP contribution is -2.33. The number of nitrogens with zero attached hydrogens (tertiary/aromatic N) is 2. The molecule has 25 heavy (non-hydrogen) atoms. The zero-order chi connectivity index (χ0) is 18.6. The van der Waals surface area contributed by atoms with Gasteiger partial charge in [0.1, 0.15) is 11.5 Å². The molecule has 2 rings (SSSR count). The number of aryl methyl sites for hydroxylation is 2. The monoisotopic (exact) mass is 367 g/mol. The molecule has 1 aromatic carbocycles. The van der Waals surface area contributed by atoms with Crippen molar-refractivity contribution in [3.8, 4) is 5.75 Å². The molecule has 0 aliphatic carbocycles. The molecule has 0 unspecified atom stereocenters. The van der Waals surface area contributed by atoms with E-state index in [1.165, 1.54) is 7.11 Å². The van der Waals surface area contributed by atoms with Gasteiger partial charge in [-0.2, -0.15) is 0 Å².